The van der Waals surface area contributed by atoms with Gasteiger partial charge in [0, 0.05) is 12.5 Å². The van der Waals surface area contributed by atoms with Gasteiger partial charge in [-0.1, -0.05) is 13.8 Å². The lowest BCUT2D eigenvalue weighted by molar-refractivity contribution is -0.157. The maximum atomic E-state index is 12.1. The van der Waals surface area contributed by atoms with Gasteiger partial charge in [0.1, 0.15) is 42.9 Å². The number of aromatic nitrogens is 4. The molecular formula is C21H30N6O9. The molecule has 3 rings (SSSR count). The molecule has 5 atom stereocenters. The summed E-state index contributed by atoms with van der Waals surface area (Å²) in [6.45, 7) is 2.49. The zero-order chi connectivity index (χ0) is 26.6. The second kappa shape index (κ2) is 11.1. The number of carbonyl (C=O) groups excluding carboxylic acids is 3. The lowest BCUT2D eigenvalue weighted by Crippen LogP contribution is -2.45. The van der Waals surface area contributed by atoms with Crippen LogP contribution in [0.1, 0.15) is 32.9 Å². The fourth-order valence-corrected chi connectivity index (χ4v) is 3.51. The van der Waals surface area contributed by atoms with E-state index in [4.69, 9.17) is 19.9 Å². The van der Waals surface area contributed by atoms with E-state index in [-0.39, 0.29) is 31.9 Å². The van der Waals surface area contributed by atoms with Crippen molar-refractivity contribution in [1.82, 2.24) is 24.8 Å². The van der Waals surface area contributed by atoms with Crippen LogP contribution in [-0.2, 0) is 28.6 Å². The Morgan fingerprint density at radius 1 is 1.17 bits per heavy atom. The van der Waals surface area contributed by atoms with Crippen LogP contribution in [0.15, 0.2) is 12.7 Å². The number of imidazole rings is 1. The predicted octanol–water partition coefficient (Wildman–Crippen LogP) is -1.97. The van der Waals surface area contributed by atoms with E-state index >= 15 is 0 Å². The summed E-state index contributed by atoms with van der Waals surface area (Å²) in [5.41, 5.74) is 5.32. The van der Waals surface area contributed by atoms with Gasteiger partial charge in [0.25, 0.3) is 0 Å². The second-order valence-electron chi connectivity index (χ2n) is 8.98. The normalized spacial score (nSPS) is 22.8. The Morgan fingerprint density at radius 3 is 2.50 bits per heavy atom. The number of ether oxygens (including phenoxy) is 3. The summed E-state index contributed by atoms with van der Waals surface area (Å²) in [4.78, 5) is 47.6. The molecule has 36 heavy (non-hydrogen) atoms. The number of fused-ring (bicyclic) bond motifs is 1. The van der Waals surface area contributed by atoms with Crippen molar-refractivity contribution >= 4 is 34.8 Å². The van der Waals surface area contributed by atoms with Gasteiger partial charge in [0.2, 0.25) is 5.91 Å². The summed E-state index contributed by atoms with van der Waals surface area (Å²) in [7, 11) is 1.38. The van der Waals surface area contributed by atoms with E-state index in [0.717, 1.165) is 0 Å². The largest absolute Gasteiger partial charge is 0.465 e. The molecule has 2 aromatic rings. The highest BCUT2D eigenvalue weighted by molar-refractivity contribution is 5.82. The van der Waals surface area contributed by atoms with Crippen molar-refractivity contribution in [2.75, 3.05) is 26.0 Å². The quantitative estimate of drug-likeness (QED) is 0.219. The molecule has 2 aromatic heterocycles. The molecule has 3 heterocycles. The number of rotatable bonds is 10. The Balaban J connectivity index is 1.46. The van der Waals surface area contributed by atoms with Gasteiger partial charge in [0.15, 0.2) is 17.7 Å². The molecule has 1 fully saturated rings. The number of carbonyl (C=O) groups is 3. The first-order chi connectivity index (χ1) is 17.0. The van der Waals surface area contributed by atoms with Crippen molar-refractivity contribution in [2.45, 2.75) is 57.3 Å². The van der Waals surface area contributed by atoms with Crippen molar-refractivity contribution in [3.8, 4) is 0 Å². The van der Waals surface area contributed by atoms with E-state index < -0.39 is 53.9 Å². The number of aliphatic hydroxyl groups excluding tert-OH is 3. The third kappa shape index (κ3) is 5.87. The molecule has 0 aromatic carbocycles. The molecule has 0 unspecified atom stereocenters. The molecule has 0 aliphatic carbocycles. The van der Waals surface area contributed by atoms with Crippen LogP contribution in [0.3, 0.4) is 0 Å². The average molecular weight is 511 g/mol. The molecule has 1 saturated heterocycles. The van der Waals surface area contributed by atoms with Gasteiger partial charge in [-0.3, -0.25) is 19.0 Å². The minimum absolute atomic E-state index is 0.141. The molecule has 0 saturated carbocycles. The van der Waals surface area contributed by atoms with Gasteiger partial charge in [-0.2, -0.15) is 0 Å². The minimum atomic E-state index is -1.39. The van der Waals surface area contributed by atoms with Crippen LogP contribution in [0.5, 0.6) is 0 Å². The highest BCUT2D eigenvalue weighted by Gasteiger charge is 2.45. The van der Waals surface area contributed by atoms with Crippen LogP contribution in [0.25, 0.3) is 11.2 Å². The van der Waals surface area contributed by atoms with E-state index in [1.54, 1.807) is 13.8 Å². The summed E-state index contributed by atoms with van der Waals surface area (Å²) in [5.74, 6) is -1.94. The third-order valence-corrected chi connectivity index (χ3v) is 5.78. The summed E-state index contributed by atoms with van der Waals surface area (Å²) in [5, 5.41) is 33.1. The summed E-state index contributed by atoms with van der Waals surface area (Å²) >= 11 is 0. The number of nitrogen functional groups attached to an aromatic ring is 1. The molecule has 0 spiro atoms. The number of amides is 1. The molecule has 0 bridgehead atoms. The minimum Gasteiger partial charge on any atom is -0.465 e. The Bertz CT molecular complexity index is 1110. The van der Waals surface area contributed by atoms with Crippen LogP contribution >= 0.6 is 0 Å². The molecule has 0 radical (unpaired) electrons. The SMILES string of the molecule is CNC(=O)[C@H](O)C(C)(C)COC(=O)CCC(=O)OC[C@@H]1O[C@H](n2cnc3c(N)ncnc32)[C@@H](O)[C@H]1O. The van der Waals surface area contributed by atoms with Crippen LogP contribution < -0.4 is 11.1 Å². The van der Waals surface area contributed by atoms with Gasteiger partial charge >= 0.3 is 11.9 Å². The van der Waals surface area contributed by atoms with Crippen LogP contribution in [0, 0.1) is 5.41 Å². The van der Waals surface area contributed by atoms with Crippen molar-refractivity contribution in [2.24, 2.45) is 5.41 Å². The van der Waals surface area contributed by atoms with E-state index in [1.807, 2.05) is 0 Å². The average Bonchev–Trinajstić information content (AvgIpc) is 3.41. The Labute approximate surface area is 205 Å². The number of nitrogens with two attached hydrogens (primary N) is 1. The van der Waals surface area contributed by atoms with E-state index in [0.29, 0.717) is 11.2 Å². The van der Waals surface area contributed by atoms with Crippen LogP contribution in [0.4, 0.5) is 5.82 Å². The number of esters is 2. The van der Waals surface area contributed by atoms with Gasteiger partial charge in [-0.15, -0.1) is 0 Å². The first kappa shape index (κ1) is 27.2. The maximum absolute atomic E-state index is 12.1. The summed E-state index contributed by atoms with van der Waals surface area (Å²) in [6, 6.07) is 0. The zero-order valence-electron chi connectivity index (χ0n) is 20.0. The Kier molecular flexibility index (Phi) is 8.39. The Morgan fingerprint density at radius 2 is 1.83 bits per heavy atom. The molecular weight excluding hydrogens is 480 g/mol. The number of hydrogen-bond acceptors (Lipinski definition) is 13. The number of aliphatic hydroxyl groups is 3. The maximum Gasteiger partial charge on any atom is 0.306 e. The molecule has 6 N–H and O–H groups in total. The standard InChI is InChI=1S/C21H30N6O9/c1-21(2,16(32)19(33)23-3)7-35-12(29)5-4-11(28)34-6-10-14(30)15(31)20(36-10)27-9-26-13-17(22)24-8-25-18(13)27/h8-10,14-16,20,30-32H,4-7H2,1-3H3,(H,23,33)(H2,22,24,25)/t10-,14-,15-,16-,20-/m0/s1. The monoisotopic (exact) mass is 510 g/mol. The molecule has 198 valence electrons. The number of nitrogens with one attached hydrogen (secondary N) is 1. The van der Waals surface area contributed by atoms with Gasteiger partial charge in [-0.05, 0) is 0 Å². The van der Waals surface area contributed by atoms with Gasteiger partial charge < -0.3 is 40.6 Å². The van der Waals surface area contributed by atoms with Gasteiger partial charge in [0.05, 0.1) is 25.8 Å². The summed E-state index contributed by atoms with van der Waals surface area (Å²) < 4.78 is 17.2. The van der Waals surface area contributed by atoms with Gasteiger partial charge in [-0.25, -0.2) is 15.0 Å². The lowest BCUT2D eigenvalue weighted by Gasteiger charge is -2.28. The molecule has 1 aliphatic rings. The zero-order valence-corrected chi connectivity index (χ0v) is 20.0. The molecule has 15 nitrogen and oxygen atoms in total. The fourth-order valence-electron chi connectivity index (χ4n) is 3.51. The van der Waals surface area contributed by atoms with Crippen molar-refractivity contribution in [3.63, 3.8) is 0 Å². The highest BCUT2D eigenvalue weighted by atomic mass is 16.6. The summed E-state index contributed by atoms with van der Waals surface area (Å²) in [6.07, 6.45) is -4.29. The molecule has 15 heteroatoms. The second-order valence-corrected chi connectivity index (χ2v) is 8.98. The van der Waals surface area contributed by atoms with E-state index in [9.17, 15) is 29.7 Å². The number of anilines is 1. The lowest BCUT2D eigenvalue weighted by atomic mass is 9.87. The van der Waals surface area contributed by atoms with Crippen LogP contribution in [-0.4, -0.2) is 97.4 Å². The van der Waals surface area contributed by atoms with E-state index in [2.05, 4.69) is 20.3 Å². The van der Waals surface area contributed by atoms with Crippen molar-refractivity contribution in [3.05, 3.63) is 12.7 Å². The third-order valence-electron chi connectivity index (χ3n) is 5.78. The highest BCUT2D eigenvalue weighted by Crippen LogP contribution is 2.32. The number of hydrogen-bond donors (Lipinski definition) is 5. The fraction of sp³-hybridized carbons (Fsp3) is 0.619. The number of nitrogens with zero attached hydrogens (tertiary/aromatic N) is 4. The van der Waals surface area contributed by atoms with Crippen LogP contribution in [0.2, 0.25) is 0 Å². The van der Waals surface area contributed by atoms with Crippen molar-refractivity contribution < 1.29 is 43.9 Å². The predicted molar refractivity (Wildman–Crippen MR) is 121 cm³/mol. The van der Waals surface area contributed by atoms with E-state index in [1.165, 1.54) is 24.3 Å². The first-order valence-corrected chi connectivity index (χ1v) is 11.1. The smallest absolute Gasteiger partial charge is 0.306 e. The van der Waals surface area contributed by atoms with Crippen molar-refractivity contribution in [1.29, 1.82) is 0 Å². The number of likely N-dealkylation sites (N-methyl/N-ethyl adjacent to an activating group) is 1. The molecule has 1 amide bonds. The Hall–Kier alpha value is -3.40. The molecule has 1 aliphatic heterocycles. The first-order valence-electron chi connectivity index (χ1n) is 11.1. The topological polar surface area (TPSA) is 221 Å².